The number of halogens is 1. The maximum atomic E-state index is 13.4. The van der Waals surface area contributed by atoms with Crippen LogP contribution >= 0.6 is 0 Å². The molecule has 1 N–H and O–H groups in total. The fraction of sp³-hybridized carbons (Fsp3) is 0.562. The van der Waals surface area contributed by atoms with E-state index in [9.17, 15) is 17.6 Å². The highest BCUT2D eigenvalue weighted by atomic mass is 32.2. The van der Waals surface area contributed by atoms with Crippen LogP contribution in [0.3, 0.4) is 0 Å². The van der Waals surface area contributed by atoms with Gasteiger partial charge in [-0.05, 0) is 44.4 Å². The first kappa shape index (κ1) is 17.9. The lowest BCUT2D eigenvalue weighted by Crippen LogP contribution is -2.47. The molecule has 0 aliphatic carbocycles. The number of nitrogens with zero attached hydrogens (tertiary/aromatic N) is 1. The van der Waals surface area contributed by atoms with Crippen LogP contribution in [-0.4, -0.2) is 43.6 Å². The molecule has 0 spiro atoms. The highest BCUT2D eigenvalue weighted by molar-refractivity contribution is 7.90. The van der Waals surface area contributed by atoms with Gasteiger partial charge in [-0.25, -0.2) is 17.5 Å². The molecular formula is C16H23FN2O3S. The summed E-state index contributed by atoms with van der Waals surface area (Å²) in [4.78, 5) is 13.7. The summed E-state index contributed by atoms with van der Waals surface area (Å²) in [6.07, 6.45) is 1.68. The Morgan fingerprint density at radius 2 is 2.09 bits per heavy atom. The van der Waals surface area contributed by atoms with Gasteiger partial charge in [0.2, 0.25) is 15.9 Å². The average molecular weight is 342 g/mol. The Labute approximate surface area is 136 Å². The van der Waals surface area contributed by atoms with E-state index in [-0.39, 0.29) is 24.3 Å². The topological polar surface area (TPSA) is 66.5 Å². The third-order valence-electron chi connectivity index (χ3n) is 4.05. The molecule has 1 aliphatic heterocycles. The summed E-state index contributed by atoms with van der Waals surface area (Å²) in [7, 11) is -3.40. The van der Waals surface area contributed by atoms with Crippen LogP contribution in [0.4, 0.5) is 4.39 Å². The number of hydrogen-bond donors (Lipinski definition) is 1. The van der Waals surface area contributed by atoms with Gasteiger partial charge >= 0.3 is 0 Å². The Balaban J connectivity index is 2.13. The molecule has 1 saturated heterocycles. The van der Waals surface area contributed by atoms with Gasteiger partial charge in [0.25, 0.3) is 0 Å². The Morgan fingerprint density at radius 3 is 2.65 bits per heavy atom. The summed E-state index contributed by atoms with van der Waals surface area (Å²) < 4.78 is 39.9. The zero-order valence-electron chi connectivity index (χ0n) is 13.5. The maximum absolute atomic E-state index is 13.4. The molecule has 1 aliphatic rings. The number of hydrogen-bond acceptors (Lipinski definition) is 3. The normalized spacial score (nSPS) is 17.0. The summed E-state index contributed by atoms with van der Waals surface area (Å²) in [5.41, 5.74) is 0.749. The molecule has 1 aromatic carbocycles. The lowest BCUT2D eigenvalue weighted by Gasteiger charge is -2.28. The lowest BCUT2D eigenvalue weighted by molar-refractivity contribution is -0.129. The third-order valence-corrected chi connectivity index (χ3v) is 5.86. The number of amides is 1. The Morgan fingerprint density at radius 1 is 1.35 bits per heavy atom. The second kappa shape index (κ2) is 7.40. The van der Waals surface area contributed by atoms with E-state index in [2.05, 4.69) is 4.72 Å². The Kier molecular flexibility index (Phi) is 5.75. The lowest BCUT2D eigenvalue weighted by atomic mass is 10.0. The van der Waals surface area contributed by atoms with Gasteiger partial charge in [0.15, 0.2) is 0 Å². The van der Waals surface area contributed by atoms with Gasteiger partial charge < -0.3 is 4.90 Å². The predicted octanol–water partition coefficient (Wildman–Crippen LogP) is 1.69. The van der Waals surface area contributed by atoms with Crippen molar-refractivity contribution in [3.05, 3.63) is 35.6 Å². The molecule has 1 atom stereocenters. The van der Waals surface area contributed by atoms with Crippen molar-refractivity contribution in [1.29, 1.82) is 0 Å². The zero-order chi connectivity index (χ0) is 17.0. The molecule has 0 aromatic heterocycles. The van der Waals surface area contributed by atoms with Crippen LogP contribution < -0.4 is 4.72 Å². The van der Waals surface area contributed by atoms with Crippen LogP contribution in [0.25, 0.3) is 0 Å². The number of rotatable bonds is 7. The van der Waals surface area contributed by atoms with Crippen molar-refractivity contribution >= 4 is 15.9 Å². The average Bonchev–Trinajstić information content (AvgIpc) is 2.89. The van der Waals surface area contributed by atoms with Crippen molar-refractivity contribution in [2.75, 3.05) is 13.1 Å². The quantitative estimate of drug-likeness (QED) is 0.820. The third kappa shape index (κ3) is 4.75. The number of carbonyl (C=O) groups is 1. The van der Waals surface area contributed by atoms with E-state index in [0.29, 0.717) is 19.4 Å². The molecule has 2 rings (SSSR count). The molecule has 1 amide bonds. The van der Waals surface area contributed by atoms with E-state index in [0.717, 1.165) is 12.0 Å². The van der Waals surface area contributed by atoms with E-state index < -0.39 is 15.3 Å². The van der Waals surface area contributed by atoms with Gasteiger partial charge in [0.1, 0.15) is 5.82 Å². The monoisotopic (exact) mass is 342 g/mol. The minimum atomic E-state index is -3.40. The second-order valence-corrected chi connectivity index (χ2v) is 8.44. The van der Waals surface area contributed by atoms with Gasteiger partial charge in [-0.15, -0.1) is 0 Å². The maximum Gasteiger partial charge on any atom is 0.222 e. The van der Waals surface area contributed by atoms with Crippen molar-refractivity contribution in [2.45, 2.75) is 44.4 Å². The Bertz CT molecular complexity index is 661. The van der Waals surface area contributed by atoms with Gasteiger partial charge in [-0.3, -0.25) is 4.79 Å². The number of sulfonamides is 1. The van der Waals surface area contributed by atoms with E-state index in [4.69, 9.17) is 0 Å². The first-order valence-electron chi connectivity index (χ1n) is 7.82. The fourth-order valence-electron chi connectivity index (χ4n) is 2.66. The molecule has 0 unspecified atom stereocenters. The summed E-state index contributed by atoms with van der Waals surface area (Å²) in [6.45, 7) is 3.96. The smallest absolute Gasteiger partial charge is 0.222 e. The SMILES string of the molecule is CC(C)S(=O)(=O)NC[C@H](Cc1cccc(F)c1)N1CCCC1=O. The number of carbonyl (C=O) groups excluding carboxylic acids is 1. The van der Waals surface area contributed by atoms with Crippen LogP contribution in [0.2, 0.25) is 0 Å². The molecule has 1 aromatic rings. The van der Waals surface area contributed by atoms with Crippen LogP contribution in [0.1, 0.15) is 32.3 Å². The molecule has 1 fully saturated rings. The first-order chi connectivity index (χ1) is 10.8. The zero-order valence-corrected chi connectivity index (χ0v) is 14.3. The molecule has 7 heteroatoms. The van der Waals surface area contributed by atoms with Gasteiger partial charge in [0.05, 0.1) is 5.25 Å². The summed E-state index contributed by atoms with van der Waals surface area (Å²) in [5, 5.41) is -0.536. The van der Waals surface area contributed by atoms with E-state index >= 15 is 0 Å². The van der Waals surface area contributed by atoms with Crippen molar-refractivity contribution in [2.24, 2.45) is 0 Å². The molecule has 0 saturated carbocycles. The van der Waals surface area contributed by atoms with Crippen molar-refractivity contribution in [3.63, 3.8) is 0 Å². The predicted molar refractivity (Wildman–Crippen MR) is 86.9 cm³/mol. The van der Waals surface area contributed by atoms with Crippen LogP contribution in [0.5, 0.6) is 0 Å². The van der Waals surface area contributed by atoms with Crippen LogP contribution in [-0.2, 0) is 21.2 Å². The molecule has 23 heavy (non-hydrogen) atoms. The molecule has 128 valence electrons. The van der Waals surface area contributed by atoms with Crippen molar-refractivity contribution in [3.8, 4) is 0 Å². The molecule has 5 nitrogen and oxygen atoms in total. The first-order valence-corrected chi connectivity index (χ1v) is 9.36. The fourth-order valence-corrected chi connectivity index (χ4v) is 3.42. The standard InChI is InChI=1S/C16H23FN2O3S/c1-12(2)23(21,22)18-11-15(19-8-4-7-16(19)20)10-13-5-3-6-14(17)9-13/h3,5-6,9,12,15,18H,4,7-8,10-11H2,1-2H3/t15-/m0/s1. The minimum absolute atomic E-state index is 0.0233. The summed E-state index contributed by atoms with van der Waals surface area (Å²) in [6, 6.07) is 5.88. The second-order valence-electron chi connectivity index (χ2n) is 6.12. The van der Waals surface area contributed by atoms with Crippen LogP contribution in [0, 0.1) is 5.82 Å². The number of benzene rings is 1. The van der Waals surface area contributed by atoms with E-state index in [1.807, 2.05) is 0 Å². The Hall–Kier alpha value is -1.47. The van der Waals surface area contributed by atoms with Gasteiger partial charge in [-0.1, -0.05) is 12.1 Å². The molecule has 0 radical (unpaired) electrons. The van der Waals surface area contributed by atoms with Crippen molar-refractivity contribution < 1.29 is 17.6 Å². The van der Waals surface area contributed by atoms with E-state index in [1.165, 1.54) is 12.1 Å². The molecule has 1 heterocycles. The van der Waals surface area contributed by atoms with Crippen molar-refractivity contribution in [1.82, 2.24) is 9.62 Å². The van der Waals surface area contributed by atoms with Gasteiger partial charge in [-0.2, -0.15) is 0 Å². The highest BCUT2D eigenvalue weighted by Gasteiger charge is 2.29. The summed E-state index contributed by atoms with van der Waals surface area (Å²) >= 11 is 0. The van der Waals surface area contributed by atoms with Crippen LogP contribution in [0.15, 0.2) is 24.3 Å². The largest absolute Gasteiger partial charge is 0.338 e. The summed E-state index contributed by atoms with van der Waals surface area (Å²) in [5.74, 6) is -0.313. The van der Waals surface area contributed by atoms with Gasteiger partial charge in [0, 0.05) is 25.6 Å². The number of likely N-dealkylation sites (tertiary alicyclic amines) is 1. The minimum Gasteiger partial charge on any atom is -0.338 e. The molecule has 0 bridgehead atoms. The number of nitrogens with one attached hydrogen (secondary N) is 1. The highest BCUT2D eigenvalue weighted by Crippen LogP contribution is 2.18. The molecular weight excluding hydrogens is 319 g/mol. The van der Waals surface area contributed by atoms with E-state index in [1.54, 1.807) is 30.9 Å².